The molecule has 0 aromatic heterocycles. The molecule has 2 spiro atoms. The second-order valence-electron chi connectivity index (χ2n) is 12.0. The molecular weight excluding hydrogens is 480 g/mol. The first-order valence-electron chi connectivity index (χ1n) is 15.2. The first kappa shape index (κ1) is 32.5. The average molecular weight is 538 g/mol. The molecule has 0 saturated carbocycles. The van der Waals surface area contributed by atoms with Gasteiger partial charge in [0.1, 0.15) is 0 Å². The van der Waals surface area contributed by atoms with Crippen LogP contribution in [0.25, 0.3) is 0 Å². The van der Waals surface area contributed by atoms with Crippen molar-refractivity contribution in [3.63, 3.8) is 0 Å². The molecule has 0 aromatic carbocycles. The molecule has 0 atom stereocenters. The molecule has 9 nitrogen and oxygen atoms in total. The standard InChI is InChI=1S/C11H20N2O.C9H16N2O.C7H14N2O.C2H6/c1-2-13-9-3-4-11(10(13)14)5-7-12-8-6-11;1-11-7-4-9(8(11)12)2-5-10-6-3-9;1-9(2)5-3-7(10)8-4-6-9;1-2/h12H,2-9H2,1H3;10H,2-7H2,1H3;3-6H2,1-2H3;1-2H3/p+1. The van der Waals surface area contributed by atoms with Crippen LogP contribution in [-0.4, -0.2) is 119 Å². The second-order valence-corrected chi connectivity index (χ2v) is 12.0. The molecule has 0 unspecified atom stereocenters. The zero-order valence-electron chi connectivity index (χ0n) is 25.3. The molecule has 9 heteroatoms. The largest absolute Gasteiger partial charge is 0.350 e. The fraction of sp³-hybridized carbons (Fsp3) is 0.897. The van der Waals surface area contributed by atoms with Crippen LogP contribution in [0.4, 0.5) is 0 Å². The molecular formula is C29H57N6O3+. The lowest BCUT2D eigenvalue weighted by Gasteiger charge is -2.43. The molecule has 0 radical (unpaired) electrons. The van der Waals surface area contributed by atoms with Gasteiger partial charge in [0.05, 0.1) is 51.0 Å². The van der Waals surface area contributed by atoms with Crippen LogP contribution in [-0.2, 0) is 14.4 Å². The van der Waals surface area contributed by atoms with Gasteiger partial charge in [-0.2, -0.15) is 0 Å². The van der Waals surface area contributed by atoms with Gasteiger partial charge >= 0.3 is 0 Å². The summed E-state index contributed by atoms with van der Waals surface area (Å²) in [6, 6.07) is 0. The number of quaternary nitrogens is 1. The maximum atomic E-state index is 12.2. The Labute approximate surface area is 232 Å². The summed E-state index contributed by atoms with van der Waals surface area (Å²) in [5, 5.41) is 9.49. The number of nitrogens with one attached hydrogen (secondary N) is 3. The number of amides is 3. The number of hydrogen-bond acceptors (Lipinski definition) is 5. The molecule has 220 valence electrons. The lowest BCUT2D eigenvalue weighted by molar-refractivity contribution is -0.887. The molecule has 5 aliphatic rings. The van der Waals surface area contributed by atoms with Gasteiger partial charge < -0.3 is 30.2 Å². The summed E-state index contributed by atoms with van der Waals surface area (Å²) in [5.41, 5.74) is 0.0412. The number of carbonyl (C=O) groups excluding carboxylic acids is 3. The SMILES string of the molecule is CC.CCN1CCCC2(CCNCC2)C1=O.CN1CCC2(CCNCC2)C1=O.C[N+]1(C)CCNC(=O)CC1. The molecule has 0 aliphatic carbocycles. The maximum absolute atomic E-state index is 12.2. The zero-order valence-corrected chi connectivity index (χ0v) is 25.3. The van der Waals surface area contributed by atoms with Gasteiger partial charge in [-0.25, -0.2) is 0 Å². The van der Waals surface area contributed by atoms with Crippen LogP contribution < -0.4 is 16.0 Å². The maximum Gasteiger partial charge on any atom is 0.228 e. The summed E-state index contributed by atoms with van der Waals surface area (Å²) in [6.07, 6.45) is 8.22. The van der Waals surface area contributed by atoms with Crippen molar-refractivity contribution < 1.29 is 18.9 Å². The first-order chi connectivity index (χ1) is 18.1. The quantitative estimate of drug-likeness (QED) is 0.444. The molecule has 3 amide bonds. The molecule has 5 fully saturated rings. The third-order valence-electron chi connectivity index (χ3n) is 9.04. The molecule has 5 heterocycles. The summed E-state index contributed by atoms with van der Waals surface area (Å²) in [6.45, 7) is 15.8. The van der Waals surface area contributed by atoms with Gasteiger partial charge in [0.2, 0.25) is 17.7 Å². The van der Waals surface area contributed by atoms with Gasteiger partial charge in [0, 0.05) is 26.7 Å². The Morgan fingerprint density at radius 1 is 0.763 bits per heavy atom. The predicted octanol–water partition coefficient (Wildman–Crippen LogP) is 1.83. The van der Waals surface area contributed by atoms with Gasteiger partial charge in [-0.3, -0.25) is 14.4 Å². The smallest absolute Gasteiger partial charge is 0.228 e. The van der Waals surface area contributed by atoms with Gasteiger partial charge in [0.25, 0.3) is 0 Å². The van der Waals surface area contributed by atoms with E-state index in [-0.39, 0.29) is 16.7 Å². The lowest BCUT2D eigenvalue weighted by Crippen LogP contribution is -2.52. The van der Waals surface area contributed by atoms with Crippen LogP contribution in [0.5, 0.6) is 0 Å². The highest BCUT2D eigenvalue weighted by Crippen LogP contribution is 2.39. The van der Waals surface area contributed by atoms with Crippen LogP contribution >= 0.6 is 0 Å². The molecule has 3 N–H and O–H groups in total. The van der Waals surface area contributed by atoms with Crippen molar-refractivity contribution in [2.45, 2.75) is 72.1 Å². The molecule has 0 aromatic rings. The number of likely N-dealkylation sites (N-methyl/N-ethyl adjacent to an activating group) is 1. The summed E-state index contributed by atoms with van der Waals surface area (Å²) < 4.78 is 0.957. The Hall–Kier alpha value is -1.71. The number of nitrogens with zero attached hydrogens (tertiary/aromatic N) is 3. The van der Waals surface area contributed by atoms with E-state index in [1.54, 1.807) is 0 Å². The van der Waals surface area contributed by atoms with Crippen molar-refractivity contribution in [1.82, 2.24) is 25.8 Å². The first-order valence-corrected chi connectivity index (χ1v) is 15.2. The molecule has 5 rings (SSSR count). The number of likely N-dealkylation sites (tertiary alicyclic amines) is 2. The molecule has 5 aliphatic heterocycles. The topological polar surface area (TPSA) is 93.8 Å². The van der Waals surface area contributed by atoms with E-state index < -0.39 is 0 Å². The van der Waals surface area contributed by atoms with Gasteiger partial charge in [0.15, 0.2) is 0 Å². The van der Waals surface area contributed by atoms with E-state index in [9.17, 15) is 14.4 Å². The Morgan fingerprint density at radius 3 is 1.82 bits per heavy atom. The van der Waals surface area contributed by atoms with E-state index in [1.165, 1.54) is 6.42 Å². The zero-order chi connectivity index (χ0) is 28.2. The second kappa shape index (κ2) is 15.2. The molecule has 38 heavy (non-hydrogen) atoms. The third kappa shape index (κ3) is 8.65. The van der Waals surface area contributed by atoms with E-state index >= 15 is 0 Å². The summed E-state index contributed by atoms with van der Waals surface area (Å²) in [7, 11) is 6.22. The summed E-state index contributed by atoms with van der Waals surface area (Å²) >= 11 is 0. The minimum absolute atomic E-state index is 0.0134. The fourth-order valence-corrected chi connectivity index (χ4v) is 6.29. The van der Waals surface area contributed by atoms with Crippen LogP contribution in [0.3, 0.4) is 0 Å². The third-order valence-corrected chi connectivity index (χ3v) is 9.04. The van der Waals surface area contributed by atoms with Crippen molar-refractivity contribution in [3.05, 3.63) is 0 Å². The van der Waals surface area contributed by atoms with Crippen LogP contribution in [0.15, 0.2) is 0 Å². The normalized spacial score (nSPS) is 25.7. The monoisotopic (exact) mass is 537 g/mol. The van der Waals surface area contributed by atoms with E-state index in [0.29, 0.717) is 18.2 Å². The lowest BCUT2D eigenvalue weighted by atomic mass is 9.72. The van der Waals surface area contributed by atoms with Crippen LogP contribution in [0, 0.1) is 10.8 Å². The minimum Gasteiger partial charge on any atom is -0.350 e. The van der Waals surface area contributed by atoms with Crippen molar-refractivity contribution >= 4 is 17.7 Å². The van der Waals surface area contributed by atoms with Gasteiger partial charge in [-0.1, -0.05) is 13.8 Å². The highest BCUT2D eigenvalue weighted by atomic mass is 16.2. The van der Waals surface area contributed by atoms with Gasteiger partial charge in [-0.15, -0.1) is 0 Å². The van der Waals surface area contributed by atoms with E-state index in [0.717, 1.165) is 108 Å². The fourth-order valence-electron chi connectivity index (χ4n) is 6.29. The number of piperidine rings is 3. The van der Waals surface area contributed by atoms with E-state index in [1.807, 2.05) is 30.7 Å². The highest BCUT2D eigenvalue weighted by molar-refractivity contribution is 5.85. The van der Waals surface area contributed by atoms with Gasteiger partial charge in [-0.05, 0) is 78.0 Å². The number of carbonyl (C=O) groups is 3. The Bertz CT molecular complexity index is 748. The van der Waals surface area contributed by atoms with E-state index in [4.69, 9.17) is 0 Å². The number of hydrogen-bond donors (Lipinski definition) is 3. The van der Waals surface area contributed by atoms with Crippen LogP contribution in [0.2, 0.25) is 0 Å². The van der Waals surface area contributed by atoms with Crippen molar-refractivity contribution in [2.75, 3.05) is 86.6 Å². The summed E-state index contributed by atoms with van der Waals surface area (Å²) in [4.78, 5) is 38.8. The van der Waals surface area contributed by atoms with Crippen LogP contribution in [0.1, 0.15) is 72.1 Å². The highest BCUT2D eigenvalue weighted by Gasteiger charge is 2.45. The Kier molecular flexibility index (Phi) is 13.0. The number of rotatable bonds is 1. The van der Waals surface area contributed by atoms with Crippen molar-refractivity contribution in [2.24, 2.45) is 10.8 Å². The Balaban J connectivity index is 0.000000196. The summed E-state index contributed by atoms with van der Waals surface area (Å²) in [5.74, 6) is 1.00. The van der Waals surface area contributed by atoms with Crippen molar-refractivity contribution in [1.29, 1.82) is 0 Å². The Morgan fingerprint density at radius 2 is 1.32 bits per heavy atom. The van der Waals surface area contributed by atoms with E-state index in [2.05, 4.69) is 37.0 Å². The molecule has 0 bridgehead atoms. The average Bonchev–Trinajstić information content (AvgIpc) is 3.09. The molecule has 5 saturated heterocycles. The minimum atomic E-state index is 0.0134. The van der Waals surface area contributed by atoms with Crippen molar-refractivity contribution in [3.8, 4) is 0 Å². The predicted molar refractivity (Wildman–Crippen MR) is 154 cm³/mol.